The van der Waals surface area contributed by atoms with Gasteiger partial charge in [-0.25, -0.2) is 4.79 Å². The van der Waals surface area contributed by atoms with Gasteiger partial charge < -0.3 is 20.7 Å². The van der Waals surface area contributed by atoms with E-state index in [0.717, 1.165) is 16.7 Å². The van der Waals surface area contributed by atoms with Crippen molar-refractivity contribution in [3.63, 3.8) is 0 Å². The summed E-state index contributed by atoms with van der Waals surface area (Å²) >= 11 is 0. The zero-order valence-corrected chi connectivity index (χ0v) is 18.8. The Morgan fingerprint density at radius 3 is 2.46 bits per heavy atom. The minimum Gasteiger partial charge on any atom is -0.497 e. The maximum Gasteiger partial charge on any atom is 0.322 e. The number of urea groups is 1. The lowest BCUT2D eigenvalue weighted by Crippen LogP contribution is -2.52. The first-order valence-corrected chi connectivity index (χ1v) is 10.9. The van der Waals surface area contributed by atoms with Gasteiger partial charge >= 0.3 is 6.03 Å². The van der Waals surface area contributed by atoms with Crippen LogP contribution in [0.1, 0.15) is 31.8 Å². The van der Waals surface area contributed by atoms with Crippen molar-refractivity contribution in [3.8, 4) is 16.9 Å². The molecule has 0 aromatic heterocycles. The van der Waals surface area contributed by atoms with E-state index in [0.29, 0.717) is 29.0 Å². The molecule has 2 aliphatic rings. The van der Waals surface area contributed by atoms with Crippen LogP contribution in [0.4, 0.5) is 4.79 Å². The Morgan fingerprint density at radius 2 is 1.80 bits per heavy atom. The number of rotatable bonds is 6. The standard InChI is InChI=1S/C26H22N4O5/c1-35-20-10-7-18-13-30(23(32)21(18)12-20)14-26(24(33)28-25(34)29-26)19-8-5-15(6-9-19)16-3-2-4-17(11-16)22(27)31/h2-12H,13-14H2,1H3,(H2,27,31)(H2,28,29,33,34)/t26-/m0/s1. The Hall–Kier alpha value is -4.66. The normalized spacial score (nSPS) is 18.8. The third kappa shape index (κ3) is 3.76. The van der Waals surface area contributed by atoms with E-state index in [1.54, 1.807) is 59.5 Å². The van der Waals surface area contributed by atoms with Gasteiger partial charge in [0.15, 0.2) is 5.54 Å². The van der Waals surface area contributed by atoms with Crippen molar-refractivity contribution in [1.29, 1.82) is 0 Å². The summed E-state index contributed by atoms with van der Waals surface area (Å²) in [5.41, 5.74) is 7.75. The topological polar surface area (TPSA) is 131 Å². The first kappa shape index (κ1) is 22.1. The van der Waals surface area contributed by atoms with Gasteiger partial charge in [-0.15, -0.1) is 0 Å². The van der Waals surface area contributed by atoms with Gasteiger partial charge in [0.25, 0.3) is 11.8 Å². The van der Waals surface area contributed by atoms with Crippen LogP contribution < -0.4 is 21.1 Å². The van der Waals surface area contributed by atoms with Gasteiger partial charge in [-0.2, -0.15) is 0 Å². The van der Waals surface area contributed by atoms with Crippen molar-refractivity contribution in [1.82, 2.24) is 15.5 Å². The van der Waals surface area contributed by atoms with E-state index in [1.165, 1.54) is 7.11 Å². The second kappa shape index (κ2) is 8.28. The van der Waals surface area contributed by atoms with E-state index >= 15 is 0 Å². The highest BCUT2D eigenvalue weighted by Gasteiger charge is 2.50. The SMILES string of the molecule is COc1ccc2c(c1)C(=O)N(C[C@@]1(c3ccc(-c4cccc(C(N)=O)c4)cc3)NC(=O)NC1=O)C2. The van der Waals surface area contributed by atoms with E-state index in [1.807, 2.05) is 12.1 Å². The molecule has 3 aromatic carbocycles. The van der Waals surface area contributed by atoms with E-state index in [-0.39, 0.29) is 12.5 Å². The molecule has 5 amide bonds. The number of nitrogens with zero attached hydrogens (tertiary/aromatic N) is 1. The highest BCUT2D eigenvalue weighted by Crippen LogP contribution is 2.33. The molecule has 9 nitrogen and oxygen atoms in total. The Kier molecular flexibility index (Phi) is 5.24. The number of methoxy groups -OCH3 is 1. The summed E-state index contributed by atoms with van der Waals surface area (Å²) in [6, 6.07) is 18.6. The number of hydrogen-bond donors (Lipinski definition) is 3. The summed E-state index contributed by atoms with van der Waals surface area (Å²) in [5, 5.41) is 5.04. The molecule has 1 atom stereocenters. The Labute approximate surface area is 200 Å². The zero-order valence-electron chi connectivity index (χ0n) is 18.8. The summed E-state index contributed by atoms with van der Waals surface area (Å²) < 4.78 is 5.23. The van der Waals surface area contributed by atoms with Gasteiger partial charge in [-0.3, -0.25) is 19.7 Å². The number of amides is 5. The number of nitrogens with two attached hydrogens (primary N) is 1. The fourth-order valence-electron chi connectivity index (χ4n) is 4.58. The van der Waals surface area contributed by atoms with Crippen LogP contribution in [0.25, 0.3) is 11.1 Å². The predicted octanol–water partition coefficient (Wildman–Crippen LogP) is 2.15. The van der Waals surface area contributed by atoms with Crippen molar-refractivity contribution in [2.75, 3.05) is 13.7 Å². The summed E-state index contributed by atoms with van der Waals surface area (Å²) in [6.07, 6.45) is 0. The minimum atomic E-state index is -1.45. The number of fused-ring (bicyclic) bond motifs is 1. The lowest BCUT2D eigenvalue weighted by atomic mass is 9.88. The molecule has 3 aromatic rings. The zero-order chi connectivity index (χ0) is 24.7. The maximum atomic E-state index is 13.1. The van der Waals surface area contributed by atoms with E-state index < -0.39 is 23.4 Å². The van der Waals surface area contributed by atoms with Crippen molar-refractivity contribution in [2.45, 2.75) is 12.1 Å². The fraction of sp³-hybridized carbons (Fsp3) is 0.154. The number of hydrogen-bond acceptors (Lipinski definition) is 5. The summed E-state index contributed by atoms with van der Waals surface area (Å²) in [4.78, 5) is 51.4. The van der Waals surface area contributed by atoms with Gasteiger partial charge in [-0.1, -0.05) is 42.5 Å². The van der Waals surface area contributed by atoms with Gasteiger partial charge in [0.2, 0.25) is 5.91 Å². The molecule has 0 radical (unpaired) electrons. The van der Waals surface area contributed by atoms with E-state index in [9.17, 15) is 19.2 Å². The van der Waals surface area contributed by atoms with Gasteiger partial charge in [0.05, 0.1) is 13.7 Å². The highest BCUT2D eigenvalue weighted by molar-refractivity contribution is 6.08. The smallest absolute Gasteiger partial charge is 0.322 e. The maximum absolute atomic E-state index is 13.1. The molecule has 0 unspecified atom stereocenters. The van der Waals surface area contributed by atoms with Crippen LogP contribution in [-0.2, 0) is 16.9 Å². The molecule has 176 valence electrons. The quantitative estimate of drug-likeness (QED) is 0.475. The van der Waals surface area contributed by atoms with Gasteiger partial charge in [0.1, 0.15) is 5.75 Å². The summed E-state index contributed by atoms with van der Waals surface area (Å²) in [6.45, 7) is 0.262. The van der Waals surface area contributed by atoms with Crippen LogP contribution in [0.5, 0.6) is 5.75 Å². The largest absolute Gasteiger partial charge is 0.497 e. The van der Waals surface area contributed by atoms with Crippen LogP contribution in [0.3, 0.4) is 0 Å². The molecule has 5 rings (SSSR count). The highest BCUT2D eigenvalue weighted by atomic mass is 16.5. The van der Waals surface area contributed by atoms with Crippen LogP contribution in [0, 0.1) is 0 Å². The van der Waals surface area contributed by atoms with Crippen LogP contribution in [0.15, 0.2) is 66.7 Å². The molecule has 1 fully saturated rings. The molecule has 2 aliphatic heterocycles. The molecule has 35 heavy (non-hydrogen) atoms. The number of carbonyl (C=O) groups excluding carboxylic acids is 4. The van der Waals surface area contributed by atoms with Crippen molar-refractivity contribution < 1.29 is 23.9 Å². The molecular weight excluding hydrogens is 448 g/mol. The van der Waals surface area contributed by atoms with Gasteiger partial charge in [-0.05, 0) is 46.5 Å². The molecule has 1 saturated heterocycles. The summed E-state index contributed by atoms with van der Waals surface area (Å²) in [7, 11) is 1.53. The lowest BCUT2D eigenvalue weighted by molar-refractivity contribution is -0.124. The molecule has 0 aliphatic carbocycles. The Bertz CT molecular complexity index is 1380. The summed E-state index contributed by atoms with van der Waals surface area (Å²) in [5.74, 6) is -0.738. The average Bonchev–Trinajstić information content (AvgIpc) is 3.33. The Morgan fingerprint density at radius 1 is 1.03 bits per heavy atom. The lowest BCUT2D eigenvalue weighted by Gasteiger charge is -2.31. The van der Waals surface area contributed by atoms with Crippen molar-refractivity contribution in [3.05, 3.63) is 89.0 Å². The molecule has 4 N–H and O–H groups in total. The first-order chi connectivity index (χ1) is 16.8. The predicted molar refractivity (Wildman–Crippen MR) is 126 cm³/mol. The van der Waals surface area contributed by atoms with E-state index in [2.05, 4.69) is 10.6 Å². The molecule has 9 heteroatoms. The Balaban J connectivity index is 1.47. The molecule has 2 heterocycles. The third-order valence-electron chi connectivity index (χ3n) is 6.42. The number of primary amides is 1. The third-order valence-corrected chi connectivity index (χ3v) is 6.42. The average molecular weight is 470 g/mol. The molecular formula is C26H22N4O5. The van der Waals surface area contributed by atoms with Crippen LogP contribution >= 0.6 is 0 Å². The second-order valence-corrected chi connectivity index (χ2v) is 8.52. The minimum absolute atomic E-state index is 0.0447. The monoisotopic (exact) mass is 470 g/mol. The van der Waals surface area contributed by atoms with Crippen molar-refractivity contribution in [2.24, 2.45) is 5.73 Å². The van der Waals surface area contributed by atoms with Crippen LogP contribution in [-0.4, -0.2) is 42.3 Å². The van der Waals surface area contributed by atoms with Gasteiger partial charge in [0, 0.05) is 17.7 Å². The van der Waals surface area contributed by atoms with Crippen LogP contribution in [0.2, 0.25) is 0 Å². The molecule has 0 bridgehead atoms. The molecule has 0 saturated carbocycles. The van der Waals surface area contributed by atoms with E-state index in [4.69, 9.17) is 10.5 Å². The number of nitrogens with one attached hydrogen (secondary N) is 2. The molecule has 0 spiro atoms. The number of carbonyl (C=O) groups is 4. The second-order valence-electron chi connectivity index (χ2n) is 8.52. The number of ether oxygens (including phenoxy) is 1. The number of imide groups is 1. The first-order valence-electron chi connectivity index (χ1n) is 10.9. The fourth-order valence-corrected chi connectivity index (χ4v) is 4.58. The van der Waals surface area contributed by atoms with Crippen molar-refractivity contribution >= 4 is 23.8 Å². The number of benzene rings is 3.